The molecule has 6 nitrogen and oxygen atoms in total. The molecule has 1 aromatic carbocycles. The number of hydrogen-bond acceptors (Lipinski definition) is 4. The van der Waals surface area contributed by atoms with Crippen LogP contribution in [0.4, 0.5) is 0 Å². The Hall–Kier alpha value is -1.96. The maximum Gasteiger partial charge on any atom is 0.326 e. The van der Waals surface area contributed by atoms with E-state index < -0.39 is 12.0 Å². The van der Waals surface area contributed by atoms with Gasteiger partial charge in [-0.05, 0) is 43.2 Å². The SMILES string of the molecule is C=CCC(NC(=O)C1CCN(C(=O)/C=C/c2ccc(SC)c(Cl)c2Cl)CC1)C(=O)O. The highest BCUT2D eigenvalue weighted by Gasteiger charge is 2.29. The highest BCUT2D eigenvalue weighted by atomic mass is 35.5. The quantitative estimate of drug-likeness (QED) is 0.339. The van der Waals surface area contributed by atoms with Gasteiger partial charge in [0, 0.05) is 30.0 Å². The summed E-state index contributed by atoms with van der Waals surface area (Å²) in [6.45, 7) is 4.34. The standard InChI is InChI=1S/C21H24Cl2N2O4S/c1-3-4-15(21(28)29)24-20(27)14-9-11-25(12-10-14)17(26)8-6-13-5-7-16(30-2)19(23)18(13)22/h3,5-8,14-15H,1,4,9-12H2,2H3,(H,24,27)(H,28,29)/b8-6+. The Morgan fingerprint density at radius 2 is 1.97 bits per heavy atom. The lowest BCUT2D eigenvalue weighted by Crippen LogP contribution is -2.47. The van der Waals surface area contributed by atoms with E-state index in [1.54, 1.807) is 11.0 Å². The molecule has 2 amide bonds. The second-order valence-electron chi connectivity index (χ2n) is 6.84. The van der Waals surface area contributed by atoms with E-state index in [9.17, 15) is 14.4 Å². The number of aliphatic carboxylic acids is 1. The molecule has 1 atom stereocenters. The van der Waals surface area contributed by atoms with Crippen molar-refractivity contribution in [3.63, 3.8) is 0 Å². The molecular weight excluding hydrogens is 447 g/mol. The number of hydrogen-bond donors (Lipinski definition) is 2. The third-order valence-electron chi connectivity index (χ3n) is 4.90. The van der Waals surface area contributed by atoms with Gasteiger partial charge in [-0.2, -0.15) is 0 Å². The Balaban J connectivity index is 1.92. The van der Waals surface area contributed by atoms with Crippen molar-refractivity contribution in [1.82, 2.24) is 10.2 Å². The van der Waals surface area contributed by atoms with Gasteiger partial charge in [0.1, 0.15) is 6.04 Å². The molecule has 2 rings (SSSR count). The van der Waals surface area contributed by atoms with Gasteiger partial charge in [-0.3, -0.25) is 9.59 Å². The van der Waals surface area contributed by atoms with Crippen molar-refractivity contribution < 1.29 is 19.5 Å². The Labute approximate surface area is 190 Å². The first-order chi connectivity index (χ1) is 14.3. The topological polar surface area (TPSA) is 86.7 Å². The lowest BCUT2D eigenvalue weighted by molar-refractivity contribution is -0.142. The van der Waals surface area contributed by atoms with Crippen LogP contribution in [0.25, 0.3) is 6.08 Å². The molecule has 0 saturated carbocycles. The number of likely N-dealkylation sites (tertiary alicyclic amines) is 1. The van der Waals surface area contributed by atoms with Crippen molar-refractivity contribution in [3.05, 3.63) is 46.5 Å². The van der Waals surface area contributed by atoms with Crippen LogP contribution in [0.2, 0.25) is 10.0 Å². The minimum absolute atomic E-state index is 0.160. The highest BCUT2D eigenvalue weighted by Crippen LogP contribution is 2.35. The second kappa shape index (κ2) is 11.4. The number of benzene rings is 1. The van der Waals surface area contributed by atoms with Gasteiger partial charge in [-0.15, -0.1) is 18.3 Å². The molecule has 30 heavy (non-hydrogen) atoms. The molecule has 0 radical (unpaired) electrons. The summed E-state index contributed by atoms with van der Waals surface area (Å²) in [4.78, 5) is 38.5. The number of nitrogens with one attached hydrogen (secondary N) is 1. The van der Waals surface area contributed by atoms with E-state index in [1.807, 2.05) is 18.4 Å². The molecule has 162 valence electrons. The van der Waals surface area contributed by atoms with Crippen molar-refractivity contribution in [3.8, 4) is 0 Å². The molecule has 0 aliphatic carbocycles. The monoisotopic (exact) mass is 470 g/mol. The van der Waals surface area contributed by atoms with E-state index in [2.05, 4.69) is 11.9 Å². The van der Waals surface area contributed by atoms with Crippen molar-refractivity contribution in [1.29, 1.82) is 0 Å². The number of rotatable bonds is 8. The van der Waals surface area contributed by atoms with E-state index in [4.69, 9.17) is 28.3 Å². The number of amides is 2. The first-order valence-corrected chi connectivity index (χ1v) is 11.4. The summed E-state index contributed by atoms with van der Waals surface area (Å²) in [5, 5.41) is 12.5. The van der Waals surface area contributed by atoms with Crippen LogP contribution in [-0.2, 0) is 14.4 Å². The number of piperidine rings is 1. The molecule has 0 spiro atoms. The fourth-order valence-electron chi connectivity index (χ4n) is 3.14. The molecule has 9 heteroatoms. The third kappa shape index (κ3) is 6.27. The number of carboxylic acids is 1. The third-order valence-corrected chi connectivity index (χ3v) is 6.69. The molecule has 1 fully saturated rings. The summed E-state index contributed by atoms with van der Waals surface area (Å²) < 4.78 is 0. The summed E-state index contributed by atoms with van der Waals surface area (Å²) in [6.07, 6.45) is 7.55. The molecule has 1 aromatic rings. The van der Waals surface area contributed by atoms with Crippen LogP contribution < -0.4 is 5.32 Å². The maximum absolute atomic E-state index is 12.5. The largest absolute Gasteiger partial charge is 0.480 e. The molecule has 1 unspecified atom stereocenters. The van der Waals surface area contributed by atoms with Gasteiger partial charge >= 0.3 is 5.97 Å². The van der Waals surface area contributed by atoms with Gasteiger partial charge in [0.05, 0.1) is 10.0 Å². The fraction of sp³-hybridized carbons (Fsp3) is 0.381. The van der Waals surface area contributed by atoms with Crippen LogP contribution in [0.15, 0.2) is 35.8 Å². The summed E-state index contributed by atoms with van der Waals surface area (Å²) in [7, 11) is 0. The summed E-state index contributed by atoms with van der Waals surface area (Å²) in [5.41, 5.74) is 0.656. The van der Waals surface area contributed by atoms with Gasteiger partial charge < -0.3 is 15.3 Å². The smallest absolute Gasteiger partial charge is 0.326 e. The van der Waals surface area contributed by atoms with Crippen molar-refractivity contribution in [2.24, 2.45) is 5.92 Å². The highest BCUT2D eigenvalue weighted by molar-refractivity contribution is 7.98. The van der Waals surface area contributed by atoms with Gasteiger partial charge in [0.2, 0.25) is 11.8 Å². The zero-order valence-corrected chi connectivity index (χ0v) is 18.9. The van der Waals surface area contributed by atoms with Gasteiger partial charge in [-0.1, -0.05) is 35.3 Å². The average molecular weight is 471 g/mol. The lowest BCUT2D eigenvalue weighted by atomic mass is 9.95. The normalized spacial score (nSPS) is 15.8. The van der Waals surface area contributed by atoms with Crippen LogP contribution in [0.1, 0.15) is 24.8 Å². The molecule has 1 saturated heterocycles. The zero-order valence-electron chi connectivity index (χ0n) is 16.6. The Bertz CT molecular complexity index is 852. The van der Waals surface area contributed by atoms with Crippen molar-refractivity contribution in [2.45, 2.75) is 30.2 Å². The predicted molar refractivity (Wildman–Crippen MR) is 121 cm³/mol. The summed E-state index contributed by atoms with van der Waals surface area (Å²) in [5.74, 6) is -1.89. The van der Waals surface area contributed by atoms with E-state index >= 15 is 0 Å². The van der Waals surface area contributed by atoms with Gasteiger partial charge in [0.15, 0.2) is 0 Å². The van der Waals surface area contributed by atoms with Gasteiger partial charge in [0.25, 0.3) is 0 Å². The number of thioether (sulfide) groups is 1. The average Bonchev–Trinajstić information content (AvgIpc) is 2.74. The first kappa shape index (κ1) is 24.3. The Morgan fingerprint density at radius 1 is 1.30 bits per heavy atom. The molecule has 0 bridgehead atoms. The second-order valence-corrected chi connectivity index (χ2v) is 8.45. The summed E-state index contributed by atoms with van der Waals surface area (Å²) >= 11 is 14.0. The molecule has 1 aliphatic rings. The Morgan fingerprint density at radius 3 is 2.53 bits per heavy atom. The van der Waals surface area contributed by atoms with E-state index in [1.165, 1.54) is 23.9 Å². The van der Waals surface area contributed by atoms with Gasteiger partial charge in [-0.25, -0.2) is 4.79 Å². The van der Waals surface area contributed by atoms with E-state index in [0.29, 0.717) is 41.5 Å². The summed E-state index contributed by atoms with van der Waals surface area (Å²) in [6, 6.07) is 2.68. The molecule has 1 aliphatic heterocycles. The predicted octanol–water partition coefficient (Wildman–Crippen LogP) is 4.11. The minimum Gasteiger partial charge on any atom is -0.480 e. The van der Waals surface area contributed by atoms with E-state index in [0.717, 1.165) is 4.90 Å². The van der Waals surface area contributed by atoms with Crippen LogP contribution in [-0.4, -0.2) is 53.2 Å². The fourth-order valence-corrected chi connectivity index (χ4v) is 4.31. The molecular formula is C21H24Cl2N2O4S. The van der Waals surface area contributed by atoms with E-state index in [-0.39, 0.29) is 24.2 Å². The first-order valence-electron chi connectivity index (χ1n) is 9.41. The lowest BCUT2D eigenvalue weighted by Gasteiger charge is -2.31. The zero-order chi connectivity index (χ0) is 22.3. The van der Waals surface area contributed by atoms with Crippen LogP contribution >= 0.6 is 35.0 Å². The Kier molecular flexibility index (Phi) is 9.27. The minimum atomic E-state index is -1.09. The molecule has 1 heterocycles. The van der Waals surface area contributed by atoms with Crippen molar-refractivity contribution in [2.75, 3.05) is 19.3 Å². The van der Waals surface area contributed by atoms with Crippen molar-refractivity contribution >= 4 is 58.8 Å². The number of carbonyl (C=O) groups is 3. The molecule has 0 aromatic heterocycles. The van der Waals surface area contributed by atoms with Crippen LogP contribution in [0, 0.1) is 5.92 Å². The number of carbonyl (C=O) groups excluding carboxylic acids is 2. The van der Waals surface area contributed by atoms with Crippen LogP contribution in [0.3, 0.4) is 0 Å². The number of halogens is 2. The van der Waals surface area contributed by atoms with Crippen LogP contribution in [0.5, 0.6) is 0 Å². The molecule has 2 N–H and O–H groups in total. The number of carboxylic acid groups (broad SMARTS) is 1. The maximum atomic E-state index is 12.5. The number of nitrogens with zero attached hydrogens (tertiary/aromatic N) is 1.